The van der Waals surface area contributed by atoms with Crippen molar-refractivity contribution in [2.75, 3.05) is 10.6 Å². The van der Waals surface area contributed by atoms with Crippen LogP contribution in [0, 0.1) is 0 Å². The molecule has 0 saturated heterocycles. The molecule has 2 N–H and O–H groups in total. The second-order valence-electron chi connectivity index (χ2n) is 15.4. The largest absolute Gasteiger partial charge is 0.398 e. The fourth-order valence-electron chi connectivity index (χ4n) is 9.67. The zero-order valence-corrected chi connectivity index (χ0v) is 33.6. The smallest absolute Gasteiger partial charge is 0.0714 e. The Kier molecular flexibility index (Phi) is 9.31. The highest BCUT2D eigenvalue weighted by atomic mass is 15.1. The highest BCUT2D eigenvalue weighted by Crippen LogP contribution is 2.56. The van der Waals surface area contributed by atoms with Gasteiger partial charge in [0.15, 0.2) is 0 Å². The number of rotatable bonds is 9. The summed E-state index contributed by atoms with van der Waals surface area (Å²) in [5.74, 6) is 0. The topological polar surface area (TPSA) is 29.3 Å². The van der Waals surface area contributed by atoms with Gasteiger partial charge in [-0.2, -0.15) is 0 Å². The van der Waals surface area contributed by atoms with Crippen molar-refractivity contribution in [1.29, 1.82) is 0 Å². The van der Waals surface area contributed by atoms with E-state index in [-0.39, 0.29) is 0 Å². The number of hydrogen-bond donors (Lipinski definition) is 1. The molecule has 60 heavy (non-hydrogen) atoms. The third kappa shape index (κ3) is 5.88. The Labute approximate surface area is 352 Å². The maximum Gasteiger partial charge on any atom is 0.0714 e. The van der Waals surface area contributed by atoms with Gasteiger partial charge in [0, 0.05) is 28.1 Å². The Morgan fingerprint density at radius 3 is 1.70 bits per heavy atom. The van der Waals surface area contributed by atoms with Crippen molar-refractivity contribution in [3.63, 3.8) is 0 Å². The molecule has 0 amide bonds. The number of hydrogen-bond acceptors (Lipinski definition) is 2. The number of fused-ring (bicyclic) bond motifs is 3. The summed E-state index contributed by atoms with van der Waals surface area (Å²) in [7, 11) is 0. The summed E-state index contributed by atoms with van der Waals surface area (Å²) in [5.41, 5.74) is 22.0. The van der Waals surface area contributed by atoms with E-state index in [2.05, 4.69) is 225 Å². The lowest BCUT2D eigenvalue weighted by atomic mass is 9.66. The molecule has 2 heteroatoms. The van der Waals surface area contributed by atoms with Gasteiger partial charge in [-0.15, -0.1) is 0 Å². The normalized spacial score (nSPS) is 13.2. The van der Waals surface area contributed by atoms with Gasteiger partial charge in [-0.05, 0) is 121 Å². The SMILES string of the molecule is C=CC1=C(/C=C\C)C(c2ccccc2)(c2ccccc2)c2cc(N(c3ccccc3)c3ccc(-c4ccc(-c5cccc6cccc(N)c56)c5ccccc45)cc3)ccc21. The summed E-state index contributed by atoms with van der Waals surface area (Å²) < 4.78 is 0. The van der Waals surface area contributed by atoms with Gasteiger partial charge in [0.1, 0.15) is 0 Å². The van der Waals surface area contributed by atoms with Crippen LogP contribution in [0.2, 0.25) is 0 Å². The molecule has 0 atom stereocenters. The van der Waals surface area contributed by atoms with E-state index in [1.165, 1.54) is 49.7 Å². The fourth-order valence-corrected chi connectivity index (χ4v) is 9.67. The predicted octanol–water partition coefficient (Wildman–Crippen LogP) is 15.2. The Bertz CT molecular complexity index is 3060. The van der Waals surface area contributed by atoms with E-state index in [0.717, 1.165) is 50.2 Å². The van der Waals surface area contributed by atoms with Crippen LogP contribution in [-0.4, -0.2) is 0 Å². The average molecular weight is 769 g/mol. The van der Waals surface area contributed by atoms with Gasteiger partial charge in [0.05, 0.1) is 5.41 Å². The number of nitrogens with zero attached hydrogens (tertiary/aromatic N) is 1. The molecule has 1 aliphatic carbocycles. The standard InChI is InChI=1S/C58H44N2/c1-3-18-54-47(4-2)52-36-35-46(39-55(52)58(54,42-21-8-5-9-22-42)43-23-10-6-11-24-43)60(44-25-12-7-13-26-44)45-33-31-40(32-34-45)48-37-38-51(50-28-15-14-27-49(48)50)53-29-16-19-41-20-17-30-56(59)57(41)53/h3-39H,2,59H2,1H3/b18-3-. The average Bonchev–Trinajstić information content (AvgIpc) is 3.59. The van der Waals surface area contributed by atoms with Gasteiger partial charge in [0.2, 0.25) is 0 Å². The number of allylic oxidation sites excluding steroid dienone is 5. The van der Waals surface area contributed by atoms with Crippen molar-refractivity contribution < 1.29 is 0 Å². The predicted molar refractivity (Wildman–Crippen MR) is 256 cm³/mol. The van der Waals surface area contributed by atoms with E-state index in [1.807, 2.05) is 18.2 Å². The molecule has 0 fully saturated rings. The van der Waals surface area contributed by atoms with Crippen molar-refractivity contribution in [1.82, 2.24) is 0 Å². The van der Waals surface area contributed by atoms with Crippen LogP contribution >= 0.6 is 0 Å². The van der Waals surface area contributed by atoms with E-state index in [0.29, 0.717) is 0 Å². The van der Waals surface area contributed by atoms with Crippen LogP contribution in [0.4, 0.5) is 22.7 Å². The van der Waals surface area contributed by atoms with Crippen LogP contribution in [0.1, 0.15) is 29.2 Å². The zero-order valence-electron chi connectivity index (χ0n) is 33.6. The molecule has 0 aliphatic heterocycles. The number of anilines is 4. The van der Waals surface area contributed by atoms with Gasteiger partial charge < -0.3 is 10.6 Å². The molecule has 0 aromatic heterocycles. The first-order valence-corrected chi connectivity index (χ1v) is 20.6. The molecule has 0 bridgehead atoms. The van der Waals surface area contributed by atoms with Gasteiger partial charge >= 0.3 is 0 Å². The molecule has 0 saturated carbocycles. The first kappa shape index (κ1) is 36.6. The fraction of sp³-hybridized carbons (Fsp3) is 0.0345. The molecular formula is C58H44N2. The van der Waals surface area contributed by atoms with Gasteiger partial charge in [-0.1, -0.05) is 189 Å². The molecule has 10 rings (SSSR count). The second kappa shape index (κ2) is 15.2. The number of benzene rings is 9. The van der Waals surface area contributed by atoms with Crippen LogP contribution in [0.3, 0.4) is 0 Å². The summed E-state index contributed by atoms with van der Waals surface area (Å²) >= 11 is 0. The van der Waals surface area contributed by atoms with E-state index >= 15 is 0 Å². The number of nitrogens with two attached hydrogens (primary N) is 1. The van der Waals surface area contributed by atoms with Crippen LogP contribution in [-0.2, 0) is 5.41 Å². The third-order valence-electron chi connectivity index (χ3n) is 12.2. The molecule has 2 nitrogen and oxygen atoms in total. The van der Waals surface area contributed by atoms with Crippen molar-refractivity contribution >= 4 is 49.9 Å². The molecule has 9 aromatic rings. The van der Waals surface area contributed by atoms with Crippen molar-refractivity contribution in [3.8, 4) is 22.3 Å². The quantitative estimate of drug-likeness (QED) is 0.148. The van der Waals surface area contributed by atoms with E-state index in [4.69, 9.17) is 5.73 Å². The Morgan fingerprint density at radius 2 is 1.05 bits per heavy atom. The lowest BCUT2D eigenvalue weighted by molar-refractivity contribution is 0.761. The van der Waals surface area contributed by atoms with E-state index in [9.17, 15) is 0 Å². The molecular weight excluding hydrogens is 725 g/mol. The van der Waals surface area contributed by atoms with Crippen LogP contribution in [0.5, 0.6) is 0 Å². The maximum atomic E-state index is 6.59. The van der Waals surface area contributed by atoms with Crippen molar-refractivity contribution in [2.24, 2.45) is 0 Å². The van der Waals surface area contributed by atoms with Gasteiger partial charge in [-0.25, -0.2) is 0 Å². The zero-order chi connectivity index (χ0) is 40.6. The Morgan fingerprint density at radius 1 is 0.500 bits per heavy atom. The van der Waals surface area contributed by atoms with Gasteiger partial charge in [-0.3, -0.25) is 0 Å². The molecule has 0 unspecified atom stereocenters. The summed E-state index contributed by atoms with van der Waals surface area (Å²) in [6.07, 6.45) is 6.46. The van der Waals surface area contributed by atoms with Crippen LogP contribution in [0.15, 0.2) is 237 Å². The molecule has 0 spiro atoms. The molecule has 1 aliphatic rings. The Hall–Kier alpha value is -7.68. The molecule has 286 valence electrons. The first-order valence-electron chi connectivity index (χ1n) is 20.6. The maximum absolute atomic E-state index is 6.59. The molecule has 0 radical (unpaired) electrons. The highest BCUT2D eigenvalue weighted by Gasteiger charge is 2.46. The lowest BCUT2D eigenvalue weighted by Gasteiger charge is -2.36. The van der Waals surface area contributed by atoms with Crippen LogP contribution < -0.4 is 10.6 Å². The second-order valence-corrected chi connectivity index (χ2v) is 15.4. The molecule has 9 aromatic carbocycles. The van der Waals surface area contributed by atoms with E-state index < -0.39 is 5.41 Å². The third-order valence-corrected chi connectivity index (χ3v) is 12.2. The summed E-state index contributed by atoms with van der Waals surface area (Å²) in [4.78, 5) is 2.37. The number of nitrogen functional groups attached to an aromatic ring is 1. The van der Waals surface area contributed by atoms with Crippen molar-refractivity contribution in [2.45, 2.75) is 12.3 Å². The minimum Gasteiger partial charge on any atom is -0.398 e. The lowest BCUT2D eigenvalue weighted by Crippen LogP contribution is -2.29. The first-order chi connectivity index (χ1) is 29.6. The molecule has 0 heterocycles. The van der Waals surface area contributed by atoms with Crippen LogP contribution in [0.25, 0.3) is 49.4 Å². The monoisotopic (exact) mass is 768 g/mol. The summed E-state index contributed by atoms with van der Waals surface area (Å²) in [5, 5.41) is 4.63. The summed E-state index contributed by atoms with van der Waals surface area (Å²) in [6, 6.07) is 74.3. The Balaban J connectivity index is 1.12. The minimum atomic E-state index is -0.554. The number of para-hydroxylation sites is 1. The summed E-state index contributed by atoms with van der Waals surface area (Å²) in [6.45, 7) is 6.46. The minimum absolute atomic E-state index is 0.554. The van der Waals surface area contributed by atoms with Crippen molar-refractivity contribution in [3.05, 3.63) is 259 Å². The van der Waals surface area contributed by atoms with E-state index in [1.54, 1.807) is 0 Å². The van der Waals surface area contributed by atoms with Gasteiger partial charge in [0.25, 0.3) is 0 Å². The highest BCUT2D eigenvalue weighted by molar-refractivity contribution is 6.12.